The summed E-state index contributed by atoms with van der Waals surface area (Å²) in [5, 5.41) is 0. The predicted octanol–water partition coefficient (Wildman–Crippen LogP) is 3.57. The maximum atomic E-state index is 5.00. The standard InChI is InChI=1S/C8H17IO/c1-3-4-5-6-8(2)7-10-9/h8H,3-7H2,1-2H3. The maximum Gasteiger partial charge on any atom is 0.109 e. The Morgan fingerprint density at radius 1 is 1.40 bits per heavy atom. The second-order valence-electron chi connectivity index (χ2n) is 2.88. The van der Waals surface area contributed by atoms with Gasteiger partial charge in [0.05, 0.1) is 6.61 Å². The number of halogens is 1. The van der Waals surface area contributed by atoms with Gasteiger partial charge in [0, 0.05) is 0 Å². The lowest BCUT2D eigenvalue weighted by molar-refractivity contribution is 0.320. The van der Waals surface area contributed by atoms with Crippen LogP contribution in [-0.2, 0) is 3.07 Å². The molecule has 2 heteroatoms. The van der Waals surface area contributed by atoms with Gasteiger partial charge in [-0.3, -0.25) is 0 Å². The van der Waals surface area contributed by atoms with E-state index in [0.29, 0.717) is 0 Å². The quantitative estimate of drug-likeness (QED) is 0.521. The van der Waals surface area contributed by atoms with E-state index in [1.807, 2.05) is 23.0 Å². The molecule has 0 saturated heterocycles. The van der Waals surface area contributed by atoms with Crippen molar-refractivity contribution in [3.8, 4) is 0 Å². The van der Waals surface area contributed by atoms with Crippen molar-refractivity contribution < 1.29 is 3.07 Å². The van der Waals surface area contributed by atoms with Crippen LogP contribution in [0.15, 0.2) is 0 Å². The monoisotopic (exact) mass is 256 g/mol. The average Bonchev–Trinajstić information content (AvgIpc) is 1.89. The van der Waals surface area contributed by atoms with E-state index in [1.165, 1.54) is 25.7 Å². The van der Waals surface area contributed by atoms with Crippen molar-refractivity contribution >= 4 is 23.0 Å². The number of rotatable bonds is 6. The van der Waals surface area contributed by atoms with Gasteiger partial charge in [0.15, 0.2) is 0 Å². The van der Waals surface area contributed by atoms with E-state index in [0.717, 1.165) is 12.5 Å². The molecule has 1 atom stereocenters. The number of unbranched alkanes of at least 4 members (excludes halogenated alkanes) is 2. The highest BCUT2D eigenvalue weighted by atomic mass is 127. The molecule has 0 radical (unpaired) electrons. The lowest BCUT2D eigenvalue weighted by Gasteiger charge is -2.07. The van der Waals surface area contributed by atoms with Gasteiger partial charge in [0.2, 0.25) is 0 Å². The smallest absolute Gasteiger partial charge is 0.109 e. The van der Waals surface area contributed by atoms with Crippen molar-refractivity contribution in [1.29, 1.82) is 0 Å². The fraction of sp³-hybridized carbons (Fsp3) is 1.00. The molecule has 0 N–H and O–H groups in total. The third-order valence-corrected chi connectivity index (χ3v) is 2.01. The summed E-state index contributed by atoms with van der Waals surface area (Å²) in [5.74, 6) is 0.739. The second kappa shape index (κ2) is 7.79. The van der Waals surface area contributed by atoms with Crippen LogP contribution in [-0.4, -0.2) is 6.61 Å². The molecule has 0 fully saturated rings. The van der Waals surface area contributed by atoms with E-state index >= 15 is 0 Å². The van der Waals surface area contributed by atoms with Crippen molar-refractivity contribution in [3.05, 3.63) is 0 Å². The van der Waals surface area contributed by atoms with Crippen molar-refractivity contribution in [2.75, 3.05) is 6.61 Å². The molecular weight excluding hydrogens is 239 g/mol. The van der Waals surface area contributed by atoms with E-state index in [1.54, 1.807) is 0 Å². The Bertz CT molecular complexity index is 66.3. The minimum Gasteiger partial charge on any atom is -0.316 e. The van der Waals surface area contributed by atoms with Gasteiger partial charge in [-0.15, -0.1) is 0 Å². The van der Waals surface area contributed by atoms with Gasteiger partial charge in [-0.2, -0.15) is 0 Å². The van der Waals surface area contributed by atoms with E-state index in [2.05, 4.69) is 13.8 Å². The largest absolute Gasteiger partial charge is 0.316 e. The molecule has 0 aromatic carbocycles. The lowest BCUT2D eigenvalue weighted by atomic mass is 10.0. The molecule has 0 rings (SSSR count). The van der Waals surface area contributed by atoms with E-state index in [4.69, 9.17) is 3.07 Å². The molecule has 0 aliphatic carbocycles. The second-order valence-corrected chi connectivity index (χ2v) is 3.50. The topological polar surface area (TPSA) is 9.23 Å². The Morgan fingerprint density at radius 2 is 2.10 bits per heavy atom. The molecule has 0 bridgehead atoms. The summed E-state index contributed by atoms with van der Waals surface area (Å²) in [6.45, 7) is 5.39. The molecule has 0 saturated carbocycles. The molecule has 0 amide bonds. The number of hydrogen-bond donors (Lipinski definition) is 0. The highest BCUT2D eigenvalue weighted by Gasteiger charge is 1.99. The Morgan fingerprint density at radius 3 is 2.60 bits per heavy atom. The van der Waals surface area contributed by atoms with Crippen LogP contribution in [0.3, 0.4) is 0 Å². The highest BCUT2D eigenvalue weighted by molar-refractivity contribution is 14.1. The van der Waals surface area contributed by atoms with Crippen molar-refractivity contribution in [3.63, 3.8) is 0 Å². The lowest BCUT2D eigenvalue weighted by Crippen LogP contribution is -2.00. The van der Waals surface area contributed by atoms with Gasteiger partial charge in [-0.25, -0.2) is 0 Å². The molecule has 0 aromatic rings. The summed E-state index contributed by atoms with van der Waals surface area (Å²) in [7, 11) is 0. The Labute approximate surface area is 78.2 Å². The third-order valence-electron chi connectivity index (χ3n) is 1.65. The fourth-order valence-electron chi connectivity index (χ4n) is 0.934. The first-order valence-electron chi connectivity index (χ1n) is 4.04. The van der Waals surface area contributed by atoms with Crippen LogP contribution >= 0.6 is 23.0 Å². The van der Waals surface area contributed by atoms with E-state index in [9.17, 15) is 0 Å². The molecule has 0 heterocycles. The Kier molecular flexibility index (Phi) is 8.33. The van der Waals surface area contributed by atoms with E-state index < -0.39 is 0 Å². The maximum absolute atomic E-state index is 5.00. The normalized spacial score (nSPS) is 13.5. The van der Waals surface area contributed by atoms with Crippen LogP contribution in [0.1, 0.15) is 39.5 Å². The highest BCUT2D eigenvalue weighted by Crippen LogP contribution is 2.10. The summed E-state index contributed by atoms with van der Waals surface area (Å²) < 4.78 is 5.00. The average molecular weight is 256 g/mol. The molecule has 0 aliphatic heterocycles. The van der Waals surface area contributed by atoms with Crippen LogP contribution in [0.5, 0.6) is 0 Å². The molecule has 0 aromatic heterocycles. The van der Waals surface area contributed by atoms with Crippen molar-refractivity contribution in [2.24, 2.45) is 5.92 Å². The first-order chi connectivity index (χ1) is 4.81. The number of hydrogen-bond acceptors (Lipinski definition) is 1. The summed E-state index contributed by atoms with van der Waals surface area (Å²) in [6.07, 6.45) is 5.36. The summed E-state index contributed by atoms with van der Waals surface area (Å²) in [4.78, 5) is 0. The van der Waals surface area contributed by atoms with Crippen molar-refractivity contribution in [2.45, 2.75) is 39.5 Å². The zero-order valence-electron chi connectivity index (χ0n) is 6.90. The molecular formula is C8H17IO. The van der Waals surface area contributed by atoms with Crippen LogP contribution in [0.4, 0.5) is 0 Å². The molecule has 62 valence electrons. The molecule has 0 spiro atoms. The molecule has 1 unspecified atom stereocenters. The molecule has 10 heavy (non-hydrogen) atoms. The summed E-state index contributed by atoms with van der Waals surface area (Å²) >= 11 is 1.96. The third kappa shape index (κ3) is 6.81. The first-order valence-corrected chi connectivity index (χ1v) is 4.92. The SMILES string of the molecule is CCCCCC(C)COI. The molecule has 0 aliphatic rings. The van der Waals surface area contributed by atoms with Crippen LogP contribution in [0, 0.1) is 5.92 Å². The minimum absolute atomic E-state index is 0.739. The van der Waals surface area contributed by atoms with Crippen LogP contribution in [0.2, 0.25) is 0 Å². The van der Waals surface area contributed by atoms with Gasteiger partial charge in [0.1, 0.15) is 23.0 Å². The Hall–Kier alpha value is 0.690. The first kappa shape index (κ1) is 10.7. The summed E-state index contributed by atoms with van der Waals surface area (Å²) in [6, 6.07) is 0. The molecule has 1 nitrogen and oxygen atoms in total. The Balaban J connectivity index is 2.97. The predicted molar refractivity (Wildman–Crippen MR) is 53.3 cm³/mol. The van der Waals surface area contributed by atoms with Gasteiger partial charge in [-0.1, -0.05) is 33.1 Å². The van der Waals surface area contributed by atoms with Gasteiger partial charge in [0.25, 0.3) is 0 Å². The zero-order valence-corrected chi connectivity index (χ0v) is 9.06. The minimum atomic E-state index is 0.739. The van der Waals surface area contributed by atoms with Gasteiger partial charge >= 0.3 is 0 Å². The zero-order chi connectivity index (χ0) is 7.82. The van der Waals surface area contributed by atoms with Crippen molar-refractivity contribution in [1.82, 2.24) is 0 Å². The van der Waals surface area contributed by atoms with E-state index in [-0.39, 0.29) is 0 Å². The van der Waals surface area contributed by atoms with Crippen LogP contribution < -0.4 is 0 Å². The fourth-order valence-corrected chi connectivity index (χ4v) is 1.55. The van der Waals surface area contributed by atoms with Gasteiger partial charge < -0.3 is 3.07 Å². The summed E-state index contributed by atoms with van der Waals surface area (Å²) in [5.41, 5.74) is 0. The van der Waals surface area contributed by atoms with Crippen LogP contribution in [0.25, 0.3) is 0 Å². The van der Waals surface area contributed by atoms with Gasteiger partial charge in [-0.05, 0) is 12.3 Å².